The second-order valence-corrected chi connectivity index (χ2v) is 4.38. The predicted molar refractivity (Wildman–Crippen MR) is 70.4 cm³/mol. The summed E-state index contributed by atoms with van der Waals surface area (Å²) in [5.41, 5.74) is 2.85. The molecule has 4 nitrogen and oxygen atoms in total. The Bertz CT molecular complexity index is 645. The number of hydrogen-bond acceptors (Lipinski definition) is 3. The molecule has 0 bridgehead atoms. The molecule has 3 aromatic rings. The molecule has 0 aliphatic rings. The lowest BCUT2D eigenvalue weighted by molar-refractivity contribution is 0.603. The highest BCUT2D eigenvalue weighted by atomic mass is 35.5. The van der Waals surface area contributed by atoms with Crippen molar-refractivity contribution in [1.82, 2.24) is 15.5 Å². The molecule has 0 aliphatic carbocycles. The van der Waals surface area contributed by atoms with E-state index in [1.165, 1.54) is 0 Å². The van der Waals surface area contributed by atoms with Crippen LogP contribution in [0.4, 0.5) is 0 Å². The van der Waals surface area contributed by atoms with Crippen LogP contribution in [-0.4, -0.2) is 10.2 Å². The molecule has 0 saturated carbocycles. The molecule has 3 rings (SSSR count). The Morgan fingerprint density at radius 3 is 2.94 bits per heavy atom. The normalized spacial score (nSPS) is 11.2. The SMILES string of the molecule is Clc1oc2ccccc2c1CNCc1ccn[nH]1. The molecule has 2 heterocycles. The van der Waals surface area contributed by atoms with Crippen molar-refractivity contribution in [2.75, 3.05) is 0 Å². The Labute approximate surface area is 109 Å². The van der Waals surface area contributed by atoms with Gasteiger partial charge in [0, 0.05) is 35.9 Å². The van der Waals surface area contributed by atoms with E-state index in [1.54, 1.807) is 6.20 Å². The Hall–Kier alpha value is -1.78. The van der Waals surface area contributed by atoms with Gasteiger partial charge in [0.15, 0.2) is 5.22 Å². The van der Waals surface area contributed by atoms with E-state index in [0.29, 0.717) is 11.8 Å². The number of benzene rings is 1. The zero-order valence-electron chi connectivity index (χ0n) is 9.61. The number of hydrogen-bond donors (Lipinski definition) is 2. The van der Waals surface area contributed by atoms with Crippen LogP contribution >= 0.6 is 11.6 Å². The second-order valence-electron chi connectivity index (χ2n) is 4.04. The molecule has 18 heavy (non-hydrogen) atoms. The maximum atomic E-state index is 6.10. The van der Waals surface area contributed by atoms with Gasteiger partial charge in [-0.25, -0.2) is 0 Å². The molecule has 5 heteroatoms. The third kappa shape index (κ3) is 2.12. The highest BCUT2D eigenvalue weighted by Crippen LogP contribution is 2.29. The van der Waals surface area contributed by atoms with Crippen LogP contribution in [-0.2, 0) is 13.1 Å². The van der Waals surface area contributed by atoms with E-state index < -0.39 is 0 Å². The van der Waals surface area contributed by atoms with E-state index in [1.807, 2.05) is 30.3 Å². The molecule has 0 saturated heterocycles. The Balaban J connectivity index is 1.76. The summed E-state index contributed by atoms with van der Waals surface area (Å²) in [6.07, 6.45) is 1.73. The van der Waals surface area contributed by atoms with Crippen molar-refractivity contribution in [3.05, 3.63) is 53.0 Å². The number of nitrogens with one attached hydrogen (secondary N) is 2. The number of H-pyrrole nitrogens is 1. The third-order valence-corrected chi connectivity index (χ3v) is 3.13. The number of halogens is 1. The van der Waals surface area contributed by atoms with Crippen molar-refractivity contribution in [1.29, 1.82) is 0 Å². The van der Waals surface area contributed by atoms with E-state index in [0.717, 1.165) is 28.8 Å². The van der Waals surface area contributed by atoms with Crippen LogP contribution in [0.1, 0.15) is 11.3 Å². The van der Waals surface area contributed by atoms with Crippen molar-refractivity contribution in [2.24, 2.45) is 0 Å². The van der Waals surface area contributed by atoms with Crippen molar-refractivity contribution in [3.8, 4) is 0 Å². The number of para-hydroxylation sites is 1. The summed E-state index contributed by atoms with van der Waals surface area (Å²) in [5, 5.41) is 11.6. The lowest BCUT2D eigenvalue weighted by Gasteiger charge is -2.01. The van der Waals surface area contributed by atoms with Gasteiger partial charge in [0.25, 0.3) is 0 Å². The fraction of sp³-hybridized carbons (Fsp3) is 0.154. The van der Waals surface area contributed by atoms with Gasteiger partial charge in [0.05, 0.1) is 0 Å². The fourth-order valence-electron chi connectivity index (χ4n) is 1.94. The Morgan fingerprint density at radius 1 is 1.22 bits per heavy atom. The highest BCUT2D eigenvalue weighted by molar-refractivity contribution is 6.30. The summed E-state index contributed by atoms with van der Waals surface area (Å²) in [4.78, 5) is 0. The molecule has 2 aromatic heterocycles. The van der Waals surface area contributed by atoms with Crippen LogP contribution in [0.5, 0.6) is 0 Å². The van der Waals surface area contributed by atoms with Crippen LogP contribution in [0.3, 0.4) is 0 Å². The smallest absolute Gasteiger partial charge is 0.199 e. The molecular weight excluding hydrogens is 250 g/mol. The van der Waals surface area contributed by atoms with E-state index in [4.69, 9.17) is 16.0 Å². The van der Waals surface area contributed by atoms with E-state index >= 15 is 0 Å². The van der Waals surface area contributed by atoms with E-state index in [9.17, 15) is 0 Å². The zero-order valence-corrected chi connectivity index (χ0v) is 10.4. The van der Waals surface area contributed by atoms with Crippen LogP contribution in [0.25, 0.3) is 11.0 Å². The van der Waals surface area contributed by atoms with Gasteiger partial charge in [-0.05, 0) is 23.7 Å². The largest absolute Gasteiger partial charge is 0.444 e. The summed E-state index contributed by atoms with van der Waals surface area (Å²) < 4.78 is 5.49. The molecule has 92 valence electrons. The molecule has 0 radical (unpaired) electrons. The van der Waals surface area contributed by atoms with Crippen molar-refractivity contribution in [2.45, 2.75) is 13.1 Å². The van der Waals surface area contributed by atoms with Gasteiger partial charge in [-0.2, -0.15) is 5.10 Å². The topological polar surface area (TPSA) is 53.9 Å². The first-order valence-electron chi connectivity index (χ1n) is 5.69. The van der Waals surface area contributed by atoms with Gasteiger partial charge < -0.3 is 9.73 Å². The second kappa shape index (κ2) is 4.84. The van der Waals surface area contributed by atoms with Gasteiger partial charge in [-0.3, -0.25) is 5.10 Å². The number of furan rings is 1. The van der Waals surface area contributed by atoms with Gasteiger partial charge in [-0.15, -0.1) is 0 Å². The zero-order chi connectivity index (χ0) is 12.4. The van der Waals surface area contributed by atoms with Gasteiger partial charge in [-0.1, -0.05) is 18.2 Å². The van der Waals surface area contributed by atoms with E-state index in [2.05, 4.69) is 15.5 Å². The summed E-state index contributed by atoms with van der Waals surface area (Å²) in [6, 6.07) is 9.77. The Kier molecular flexibility index (Phi) is 3.04. The van der Waals surface area contributed by atoms with Crippen molar-refractivity contribution >= 4 is 22.6 Å². The first kappa shape index (κ1) is 11.3. The highest BCUT2D eigenvalue weighted by Gasteiger charge is 2.11. The number of aromatic nitrogens is 2. The maximum Gasteiger partial charge on any atom is 0.199 e. The number of fused-ring (bicyclic) bond motifs is 1. The molecule has 2 N–H and O–H groups in total. The summed E-state index contributed by atoms with van der Waals surface area (Å²) in [5.74, 6) is 0. The van der Waals surface area contributed by atoms with Crippen LogP contribution < -0.4 is 5.32 Å². The van der Waals surface area contributed by atoms with Gasteiger partial charge in [0.1, 0.15) is 5.58 Å². The molecule has 1 aromatic carbocycles. The number of aromatic amines is 1. The monoisotopic (exact) mass is 261 g/mol. The van der Waals surface area contributed by atoms with Crippen molar-refractivity contribution < 1.29 is 4.42 Å². The first-order chi connectivity index (χ1) is 8.84. The van der Waals surface area contributed by atoms with Gasteiger partial charge in [0.2, 0.25) is 0 Å². The average molecular weight is 262 g/mol. The fourth-order valence-corrected chi connectivity index (χ4v) is 2.19. The summed E-state index contributed by atoms with van der Waals surface area (Å²) in [6.45, 7) is 1.38. The minimum Gasteiger partial charge on any atom is -0.444 e. The van der Waals surface area contributed by atoms with Crippen molar-refractivity contribution in [3.63, 3.8) is 0 Å². The molecule has 0 fully saturated rings. The molecule has 0 unspecified atom stereocenters. The lowest BCUT2D eigenvalue weighted by Crippen LogP contribution is -2.12. The van der Waals surface area contributed by atoms with E-state index in [-0.39, 0.29) is 0 Å². The predicted octanol–water partition coefficient (Wildman–Crippen LogP) is 3.10. The first-order valence-corrected chi connectivity index (χ1v) is 6.07. The quantitative estimate of drug-likeness (QED) is 0.759. The standard InChI is InChI=1S/C13H12ClN3O/c14-13-11(8-15-7-9-5-6-16-17-9)10-3-1-2-4-12(10)18-13/h1-6,15H,7-8H2,(H,16,17). The van der Waals surface area contributed by atoms with Crippen LogP contribution in [0.2, 0.25) is 5.22 Å². The summed E-state index contributed by atoms with van der Waals surface area (Å²) in [7, 11) is 0. The minimum absolute atomic E-state index is 0.452. The molecule has 0 atom stereocenters. The third-order valence-electron chi connectivity index (χ3n) is 2.82. The number of nitrogens with zero attached hydrogens (tertiary/aromatic N) is 1. The van der Waals surface area contributed by atoms with Crippen LogP contribution in [0, 0.1) is 0 Å². The molecular formula is C13H12ClN3O. The average Bonchev–Trinajstić information content (AvgIpc) is 2.98. The lowest BCUT2D eigenvalue weighted by atomic mass is 10.2. The molecule has 0 aliphatic heterocycles. The van der Waals surface area contributed by atoms with Gasteiger partial charge >= 0.3 is 0 Å². The number of rotatable bonds is 4. The molecule has 0 spiro atoms. The summed E-state index contributed by atoms with van der Waals surface area (Å²) >= 11 is 6.10. The molecule has 0 amide bonds. The minimum atomic E-state index is 0.452. The van der Waals surface area contributed by atoms with Crippen LogP contribution in [0.15, 0.2) is 40.9 Å². The Morgan fingerprint density at radius 2 is 2.11 bits per heavy atom. The maximum absolute atomic E-state index is 6.10.